The van der Waals surface area contributed by atoms with Gasteiger partial charge in [0.05, 0.1) is 18.7 Å². The topological polar surface area (TPSA) is 66.8 Å². The number of hydrogen-bond acceptors (Lipinski definition) is 4. The van der Waals surface area contributed by atoms with E-state index in [1.807, 2.05) is 60.7 Å². The molecule has 0 fully saturated rings. The Morgan fingerprint density at radius 2 is 1.53 bits per heavy atom. The van der Waals surface area contributed by atoms with E-state index in [4.69, 9.17) is 4.74 Å². The zero-order valence-corrected chi connectivity index (χ0v) is 16.5. The molecule has 1 amide bonds. The number of aliphatic hydroxyl groups excluding tert-OH is 1. The molecule has 30 heavy (non-hydrogen) atoms. The van der Waals surface area contributed by atoms with Crippen molar-refractivity contribution < 1.29 is 19.4 Å². The minimum Gasteiger partial charge on any atom is -0.503 e. The van der Waals surface area contributed by atoms with Crippen LogP contribution in [0.4, 0.5) is 0 Å². The number of amides is 1. The van der Waals surface area contributed by atoms with Crippen LogP contribution in [0.2, 0.25) is 0 Å². The maximum atomic E-state index is 13.0. The Kier molecular flexibility index (Phi) is 5.35. The van der Waals surface area contributed by atoms with Gasteiger partial charge in [-0.05, 0) is 28.8 Å². The van der Waals surface area contributed by atoms with Crippen molar-refractivity contribution in [1.29, 1.82) is 0 Å². The van der Waals surface area contributed by atoms with E-state index < -0.39 is 17.9 Å². The molecule has 0 aromatic heterocycles. The summed E-state index contributed by atoms with van der Waals surface area (Å²) in [6.07, 6.45) is 0. The van der Waals surface area contributed by atoms with Crippen molar-refractivity contribution in [1.82, 2.24) is 4.90 Å². The lowest BCUT2D eigenvalue weighted by atomic mass is 9.93. The first-order chi connectivity index (χ1) is 14.6. The predicted molar refractivity (Wildman–Crippen MR) is 114 cm³/mol. The molecule has 1 heterocycles. The predicted octanol–water partition coefficient (Wildman–Crippen LogP) is 4.53. The molecule has 0 saturated heterocycles. The van der Waals surface area contributed by atoms with Crippen LogP contribution in [0.3, 0.4) is 0 Å². The number of ether oxygens (including phenoxy) is 1. The maximum Gasteiger partial charge on any atom is 0.337 e. The molecule has 5 heteroatoms. The van der Waals surface area contributed by atoms with Crippen molar-refractivity contribution in [3.8, 4) is 0 Å². The number of rotatable bonds is 5. The fourth-order valence-electron chi connectivity index (χ4n) is 3.78. The fourth-order valence-corrected chi connectivity index (χ4v) is 3.78. The largest absolute Gasteiger partial charge is 0.503 e. The van der Waals surface area contributed by atoms with Crippen LogP contribution in [0.15, 0.2) is 90.7 Å². The summed E-state index contributed by atoms with van der Waals surface area (Å²) in [5.74, 6) is -1.09. The normalized spacial score (nSPS) is 16.1. The first-order valence-electron chi connectivity index (χ1n) is 9.62. The van der Waals surface area contributed by atoms with Crippen molar-refractivity contribution in [3.05, 3.63) is 113 Å². The second-order valence-electron chi connectivity index (χ2n) is 7.06. The lowest BCUT2D eigenvalue weighted by Crippen LogP contribution is -2.29. The number of esters is 1. The highest BCUT2D eigenvalue weighted by atomic mass is 16.5. The third kappa shape index (κ3) is 3.57. The summed E-state index contributed by atoms with van der Waals surface area (Å²) in [6, 6.07) is 25.5. The second-order valence-corrected chi connectivity index (χ2v) is 7.06. The lowest BCUT2D eigenvalue weighted by molar-refractivity contribution is -0.130. The summed E-state index contributed by atoms with van der Waals surface area (Å²) in [5, 5.41) is 10.8. The average molecular weight is 399 g/mol. The molecule has 0 radical (unpaired) electrons. The monoisotopic (exact) mass is 399 g/mol. The number of carbonyl (C=O) groups is 2. The summed E-state index contributed by atoms with van der Waals surface area (Å²) in [6.45, 7) is 0.351. The van der Waals surface area contributed by atoms with E-state index in [-0.39, 0.29) is 5.76 Å². The van der Waals surface area contributed by atoms with Gasteiger partial charge in [-0.1, -0.05) is 72.8 Å². The van der Waals surface area contributed by atoms with E-state index in [1.165, 1.54) is 7.11 Å². The molecule has 0 aliphatic carbocycles. The second kappa shape index (κ2) is 8.25. The molecular weight excluding hydrogens is 378 g/mol. The molecule has 3 aromatic carbocycles. The maximum absolute atomic E-state index is 13.0. The quantitative estimate of drug-likeness (QED) is 0.641. The summed E-state index contributed by atoms with van der Waals surface area (Å²) < 4.78 is 4.77. The van der Waals surface area contributed by atoms with Crippen LogP contribution < -0.4 is 0 Å². The van der Waals surface area contributed by atoms with Crippen molar-refractivity contribution >= 4 is 17.4 Å². The Morgan fingerprint density at radius 1 is 0.933 bits per heavy atom. The summed E-state index contributed by atoms with van der Waals surface area (Å²) in [7, 11) is 1.34. The molecule has 4 rings (SSSR count). The Labute approximate surface area is 174 Å². The van der Waals surface area contributed by atoms with Gasteiger partial charge in [-0.2, -0.15) is 0 Å². The molecule has 5 nitrogen and oxygen atoms in total. The molecule has 0 spiro atoms. The van der Waals surface area contributed by atoms with Crippen molar-refractivity contribution in [3.63, 3.8) is 0 Å². The van der Waals surface area contributed by atoms with Gasteiger partial charge >= 0.3 is 5.97 Å². The van der Waals surface area contributed by atoms with Crippen molar-refractivity contribution in [2.24, 2.45) is 0 Å². The highest BCUT2D eigenvalue weighted by molar-refractivity contribution is 6.05. The highest BCUT2D eigenvalue weighted by Gasteiger charge is 2.40. The van der Waals surface area contributed by atoms with E-state index in [0.29, 0.717) is 17.7 Å². The Balaban J connectivity index is 1.79. The molecule has 0 bridgehead atoms. The van der Waals surface area contributed by atoms with E-state index >= 15 is 0 Å². The number of hydrogen-bond donors (Lipinski definition) is 1. The van der Waals surface area contributed by atoms with Gasteiger partial charge in [0.2, 0.25) is 0 Å². The number of aliphatic hydroxyl groups is 1. The average Bonchev–Trinajstić information content (AvgIpc) is 3.05. The first kappa shape index (κ1) is 19.5. The molecule has 1 aliphatic heterocycles. The van der Waals surface area contributed by atoms with Gasteiger partial charge in [0, 0.05) is 12.1 Å². The SMILES string of the molecule is COC(=O)c1ccc([C@H]2C(c3ccccc3)=C(O)C(=O)N2Cc2ccccc2)cc1. The molecular formula is C25H21NO4. The third-order valence-corrected chi connectivity index (χ3v) is 5.23. The number of carbonyl (C=O) groups excluding carboxylic acids is 2. The van der Waals surface area contributed by atoms with Gasteiger partial charge in [0.1, 0.15) is 0 Å². The van der Waals surface area contributed by atoms with Gasteiger partial charge < -0.3 is 14.7 Å². The van der Waals surface area contributed by atoms with Crippen LogP contribution >= 0.6 is 0 Å². The van der Waals surface area contributed by atoms with Gasteiger partial charge in [0.25, 0.3) is 5.91 Å². The van der Waals surface area contributed by atoms with Gasteiger partial charge in [-0.15, -0.1) is 0 Å². The minimum atomic E-state index is -0.480. The van der Waals surface area contributed by atoms with Crippen LogP contribution in [0.1, 0.15) is 33.1 Å². The fraction of sp³-hybridized carbons (Fsp3) is 0.120. The standard InChI is InChI=1S/C25H21NO4/c1-30-25(29)20-14-12-19(13-15-20)22-21(18-10-6-3-7-11-18)23(27)24(28)26(22)16-17-8-4-2-5-9-17/h2-15,22,27H,16H2,1H3/t22-/m0/s1. The van der Waals surface area contributed by atoms with E-state index in [9.17, 15) is 14.7 Å². The van der Waals surface area contributed by atoms with Crippen LogP contribution in [0, 0.1) is 0 Å². The molecule has 150 valence electrons. The van der Waals surface area contributed by atoms with Gasteiger partial charge in [-0.25, -0.2) is 4.79 Å². The molecule has 1 N–H and O–H groups in total. The Morgan fingerprint density at radius 3 is 2.13 bits per heavy atom. The van der Waals surface area contributed by atoms with Crippen LogP contribution in [-0.4, -0.2) is 29.0 Å². The lowest BCUT2D eigenvalue weighted by Gasteiger charge is -2.27. The minimum absolute atomic E-state index is 0.251. The van der Waals surface area contributed by atoms with Crippen LogP contribution in [0.5, 0.6) is 0 Å². The van der Waals surface area contributed by atoms with E-state index in [2.05, 4.69) is 0 Å². The number of benzene rings is 3. The molecule has 0 unspecified atom stereocenters. The smallest absolute Gasteiger partial charge is 0.337 e. The Bertz CT molecular complexity index is 1090. The van der Waals surface area contributed by atoms with Crippen molar-refractivity contribution in [2.75, 3.05) is 7.11 Å². The van der Waals surface area contributed by atoms with Crippen LogP contribution in [-0.2, 0) is 16.1 Å². The van der Waals surface area contributed by atoms with E-state index in [0.717, 1.165) is 16.7 Å². The Hall–Kier alpha value is -3.86. The zero-order chi connectivity index (χ0) is 21.1. The first-order valence-corrected chi connectivity index (χ1v) is 9.62. The highest BCUT2D eigenvalue weighted by Crippen LogP contribution is 2.43. The van der Waals surface area contributed by atoms with Crippen LogP contribution in [0.25, 0.3) is 5.57 Å². The van der Waals surface area contributed by atoms with Gasteiger partial charge in [0.15, 0.2) is 5.76 Å². The molecule has 0 saturated carbocycles. The number of nitrogens with zero attached hydrogens (tertiary/aromatic N) is 1. The molecule has 1 atom stereocenters. The number of methoxy groups -OCH3 is 1. The summed E-state index contributed by atoms with van der Waals surface area (Å²) in [5.41, 5.74) is 3.52. The van der Waals surface area contributed by atoms with Crippen molar-refractivity contribution in [2.45, 2.75) is 12.6 Å². The zero-order valence-electron chi connectivity index (χ0n) is 16.5. The molecule has 1 aliphatic rings. The summed E-state index contributed by atoms with van der Waals surface area (Å²) in [4.78, 5) is 26.5. The summed E-state index contributed by atoms with van der Waals surface area (Å²) >= 11 is 0. The third-order valence-electron chi connectivity index (χ3n) is 5.23. The van der Waals surface area contributed by atoms with Gasteiger partial charge in [-0.3, -0.25) is 4.79 Å². The molecule has 3 aromatic rings. The van der Waals surface area contributed by atoms with E-state index in [1.54, 1.807) is 29.2 Å².